The molecule has 0 aliphatic rings. The first-order valence-electron chi connectivity index (χ1n) is 0.993. The number of halogens is 1. The Kier molecular flexibility index (Phi) is 0.905. The summed E-state index contributed by atoms with van der Waals surface area (Å²) in [6, 6.07) is 0. The number of hydrogen-bond acceptors (Lipinski definition) is 3. The highest BCUT2D eigenvalue weighted by Gasteiger charge is 2.10. The first-order valence-corrected chi connectivity index (χ1v) is 0.993. The smallest absolute Gasteiger partial charge is 0.530 e. The van der Waals surface area contributed by atoms with Crippen LogP contribution in [0.15, 0.2) is 0 Å². The second-order valence-corrected chi connectivity index (χ2v) is 0.639. The van der Waals surface area contributed by atoms with E-state index in [1.54, 1.807) is 0 Å². The Morgan fingerprint density at radius 2 is 1.20 bits per heavy atom. The minimum absolute atomic E-state index is 4.50. The van der Waals surface area contributed by atoms with Gasteiger partial charge < -0.3 is 19.4 Å². The Morgan fingerprint density at radius 3 is 1.20 bits per heavy atom. The van der Waals surface area contributed by atoms with Crippen LogP contribution in [-0.4, -0.2) is 22.1 Å². The quantitative estimate of drug-likeness (QED) is 0.306. The topological polar surface area (TPSA) is 60.7 Å². The Hall–Kier alpha value is -0.125. The monoisotopic (exact) mass is 81.0 g/mol. The summed E-state index contributed by atoms with van der Waals surface area (Å²) in [6.45, 7) is 0. The Labute approximate surface area is 27.7 Å². The minimum Gasteiger partial charge on any atom is -0.530 e. The molecule has 5 heavy (non-hydrogen) atoms. The number of rotatable bonds is 0. The summed E-state index contributed by atoms with van der Waals surface area (Å²) in [5, 5.41) is 21.1. The van der Waals surface area contributed by atoms with Crippen LogP contribution in [0.25, 0.3) is 0 Å². The molecule has 0 amide bonds. The molecule has 0 aromatic heterocycles. The zero-order chi connectivity index (χ0) is 4.50. The average Bonchev–Trinajstić information content (AvgIpc) is 0.722. The highest BCUT2D eigenvalue weighted by molar-refractivity contribution is 6.47. The van der Waals surface area contributed by atoms with E-state index in [4.69, 9.17) is 15.1 Å². The largest absolute Gasteiger partial charge is 0.559 e. The van der Waals surface area contributed by atoms with Crippen molar-refractivity contribution in [3.05, 3.63) is 0 Å². The minimum atomic E-state index is -4.50. The van der Waals surface area contributed by atoms with Crippen LogP contribution in [0.4, 0.5) is 4.32 Å². The zero-order valence-corrected chi connectivity index (χ0v) is 2.30. The lowest BCUT2D eigenvalue weighted by molar-refractivity contribution is 0.165. The SMILES string of the molecule is O[B-](O)(O)F. The molecule has 0 aliphatic heterocycles. The molecule has 0 aliphatic carbocycles. The van der Waals surface area contributed by atoms with Crippen molar-refractivity contribution in [1.82, 2.24) is 0 Å². The lowest BCUT2D eigenvalue weighted by Crippen LogP contribution is -2.27. The van der Waals surface area contributed by atoms with Crippen LogP contribution in [-0.2, 0) is 0 Å². The molecule has 0 spiro atoms. The van der Waals surface area contributed by atoms with Gasteiger partial charge in [-0.1, -0.05) is 0 Å². The van der Waals surface area contributed by atoms with Crippen LogP contribution in [0.5, 0.6) is 0 Å². The van der Waals surface area contributed by atoms with Crippen LogP contribution in [0.1, 0.15) is 0 Å². The molecule has 0 radical (unpaired) electrons. The summed E-state index contributed by atoms with van der Waals surface area (Å²) in [4.78, 5) is 0. The molecule has 0 unspecified atom stereocenters. The van der Waals surface area contributed by atoms with Gasteiger partial charge in [-0.2, -0.15) is 0 Å². The molecule has 5 heteroatoms. The second kappa shape index (κ2) is 0.928. The first kappa shape index (κ1) is 4.87. The normalized spacial score (nSPS) is 12.0. The Morgan fingerprint density at radius 1 is 1.20 bits per heavy atom. The summed E-state index contributed by atoms with van der Waals surface area (Å²) in [5.74, 6) is 0. The molecule has 0 saturated carbocycles. The van der Waals surface area contributed by atoms with Gasteiger partial charge in [-0.15, -0.1) is 0 Å². The van der Waals surface area contributed by atoms with Crippen LogP contribution in [0.3, 0.4) is 0 Å². The van der Waals surface area contributed by atoms with Gasteiger partial charge in [-0.05, 0) is 0 Å². The third-order valence-electron chi connectivity index (χ3n) is 0. The molecular formula is H3BFO3-. The molecule has 0 heterocycles. The van der Waals surface area contributed by atoms with E-state index in [2.05, 4.69) is 0 Å². The zero-order valence-electron chi connectivity index (χ0n) is 2.30. The maximum Gasteiger partial charge on any atom is 0.559 e. The second-order valence-electron chi connectivity index (χ2n) is 0.639. The summed E-state index contributed by atoms with van der Waals surface area (Å²) < 4.78 is 10.4. The molecule has 32 valence electrons. The van der Waals surface area contributed by atoms with Crippen LogP contribution in [0, 0.1) is 0 Å². The van der Waals surface area contributed by atoms with Crippen molar-refractivity contribution < 1.29 is 19.4 Å². The van der Waals surface area contributed by atoms with Crippen molar-refractivity contribution in [2.45, 2.75) is 0 Å². The fraction of sp³-hybridized carbons (Fsp3) is 0. The fourth-order valence-electron chi connectivity index (χ4n) is 0. The Bertz CT molecular complexity index is 22.4. The van der Waals surface area contributed by atoms with Crippen molar-refractivity contribution in [2.24, 2.45) is 0 Å². The van der Waals surface area contributed by atoms with E-state index in [9.17, 15) is 4.32 Å². The summed E-state index contributed by atoms with van der Waals surface area (Å²) in [7, 11) is -4.50. The van der Waals surface area contributed by atoms with Gasteiger partial charge in [0.1, 0.15) is 0 Å². The molecule has 3 N–H and O–H groups in total. The maximum atomic E-state index is 10.4. The van der Waals surface area contributed by atoms with E-state index in [0.29, 0.717) is 0 Å². The van der Waals surface area contributed by atoms with Gasteiger partial charge in [0.15, 0.2) is 0 Å². The first-order chi connectivity index (χ1) is 2.00. The van der Waals surface area contributed by atoms with Crippen molar-refractivity contribution in [3.8, 4) is 0 Å². The van der Waals surface area contributed by atoms with E-state index >= 15 is 0 Å². The van der Waals surface area contributed by atoms with Crippen molar-refractivity contribution in [2.75, 3.05) is 0 Å². The Balaban J connectivity index is 3.02. The van der Waals surface area contributed by atoms with Crippen LogP contribution < -0.4 is 0 Å². The van der Waals surface area contributed by atoms with E-state index in [0.717, 1.165) is 0 Å². The lowest BCUT2D eigenvalue weighted by atomic mass is 10.2. The molecule has 0 rings (SSSR count). The molecule has 0 fully saturated rings. The van der Waals surface area contributed by atoms with Crippen molar-refractivity contribution in [1.29, 1.82) is 0 Å². The third kappa shape index (κ3) is 871. The summed E-state index contributed by atoms with van der Waals surface area (Å²) in [6.07, 6.45) is 0. The van der Waals surface area contributed by atoms with Gasteiger partial charge in [0.25, 0.3) is 0 Å². The molecule has 0 aromatic carbocycles. The van der Waals surface area contributed by atoms with Gasteiger partial charge in [0.2, 0.25) is 0 Å². The summed E-state index contributed by atoms with van der Waals surface area (Å²) >= 11 is 0. The maximum absolute atomic E-state index is 10.4. The van der Waals surface area contributed by atoms with Crippen LogP contribution >= 0.6 is 0 Å². The van der Waals surface area contributed by atoms with E-state index < -0.39 is 7.03 Å². The molecule has 0 atom stereocenters. The van der Waals surface area contributed by atoms with Gasteiger partial charge in [0, 0.05) is 0 Å². The van der Waals surface area contributed by atoms with Gasteiger partial charge >= 0.3 is 7.03 Å². The fourth-order valence-corrected chi connectivity index (χ4v) is 0. The van der Waals surface area contributed by atoms with E-state index in [-0.39, 0.29) is 0 Å². The molecule has 0 bridgehead atoms. The van der Waals surface area contributed by atoms with Gasteiger partial charge in [-0.3, -0.25) is 0 Å². The van der Waals surface area contributed by atoms with Crippen LogP contribution in [0.2, 0.25) is 0 Å². The standard InChI is InChI=1S/BFH3O3/c2-1(3,4)5/h3-5H/q-1. The average molecular weight is 80.8 g/mol. The molecular weight excluding hydrogens is 77.8 g/mol. The molecule has 0 aromatic rings. The lowest BCUT2D eigenvalue weighted by Gasteiger charge is -2.04. The third-order valence-corrected chi connectivity index (χ3v) is 0. The summed E-state index contributed by atoms with van der Waals surface area (Å²) in [5.41, 5.74) is 0. The predicted octanol–water partition coefficient (Wildman–Crippen LogP) is -1.63. The van der Waals surface area contributed by atoms with Crippen molar-refractivity contribution in [3.63, 3.8) is 0 Å². The highest BCUT2D eigenvalue weighted by Crippen LogP contribution is 1.79. The van der Waals surface area contributed by atoms with E-state index in [1.807, 2.05) is 0 Å². The van der Waals surface area contributed by atoms with E-state index in [1.165, 1.54) is 0 Å². The number of hydrogen-bond donors (Lipinski definition) is 3. The van der Waals surface area contributed by atoms with Gasteiger partial charge in [0.05, 0.1) is 0 Å². The molecule has 0 saturated heterocycles. The van der Waals surface area contributed by atoms with Crippen molar-refractivity contribution >= 4 is 7.03 Å². The molecule has 3 nitrogen and oxygen atoms in total. The predicted molar refractivity (Wildman–Crippen MR) is 13.5 cm³/mol. The highest BCUT2D eigenvalue weighted by atomic mass is 19.1. The van der Waals surface area contributed by atoms with Gasteiger partial charge in [-0.25, -0.2) is 0 Å².